The van der Waals surface area contributed by atoms with Gasteiger partial charge < -0.3 is 15.7 Å². The standard InChI is InChI=1S/C8H13N3OS/c1-2-8(12)4-11(5-8)7-10-3-6(9)13-7/h3,12H,2,4-5,9H2,1H3. The largest absolute Gasteiger partial charge is 0.389 e. The molecule has 1 fully saturated rings. The van der Waals surface area contributed by atoms with E-state index in [4.69, 9.17) is 5.73 Å². The minimum absolute atomic E-state index is 0.500. The Bertz CT molecular complexity index is 306. The third-order valence-electron chi connectivity index (χ3n) is 2.41. The maximum Gasteiger partial charge on any atom is 0.187 e. The van der Waals surface area contributed by atoms with Crippen molar-refractivity contribution < 1.29 is 5.11 Å². The summed E-state index contributed by atoms with van der Waals surface area (Å²) in [4.78, 5) is 6.19. The lowest BCUT2D eigenvalue weighted by Crippen LogP contribution is -2.61. The molecular formula is C8H13N3OS. The number of aliphatic hydroxyl groups is 1. The molecule has 0 radical (unpaired) electrons. The summed E-state index contributed by atoms with van der Waals surface area (Å²) in [6.45, 7) is 3.35. The van der Waals surface area contributed by atoms with E-state index < -0.39 is 5.60 Å². The zero-order chi connectivity index (χ0) is 9.47. The van der Waals surface area contributed by atoms with Gasteiger partial charge >= 0.3 is 0 Å². The van der Waals surface area contributed by atoms with Crippen LogP contribution < -0.4 is 10.6 Å². The molecule has 4 nitrogen and oxygen atoms in total. The number of rotatable bonds is 2. The molecule has 0 saturated carbocycles. The van der Waals surface area contributed by atoms with Crippen LogP contribution in [-0.2, 0) is 0 Å². The summed E-state index contributed by atoms with van der Waals surface area (Å²) in [7, 11) is 0. The molecule has 13 heavy (non-hydrogen) atoms. The first-order valence-corrected chi connectivity index (χ1v) is 5.13. The second-order valence-electron chi connectivity index (χ2n) is 3.48. The van der Waals surface area contributed by atoms with E-state index in [-0.39, 0.29) is 0 Å². The normalized spacial score (nSPS) is 20.0. The summed E-state index contributed by atoms with van der Waals surface area (Å²) in [6.07, 6.45) is 2.45. The Kier molecular flexibility index (Phi) is 1.92. The van der Waals surface area contributed by atoms with E-state index in [1.54, 1.807) is 6.20 Å². The summed E-state index contributed by atoms with van der Waals surface area (Å²) >= 11 is 1.46. The van der Waals surface area contributed by atoms with Crippen molar-refractivity contribution >= 4 is 21.5 Å². The fourth-order valence-electron chi connectivity index (χ4n) is 1.45. The fourth-order valence-corrected chi connectivity index (χ4v) is 2.13. The van der Waals surface area contributed by atoms with Crippen molar-refractivity contribution in [2.45, 2.75) is 18.9 Å². The molecule has 72 valence electrons. The van der Waals surface area contributed by atoms with E-state index >= 15 is 0 Å². The Morgan fingerprint density at radius 2 is 2.46 bits per heavy atom. The van der Waals surface area contributed by atoms with Gasteiger partial charge in [-0.25, -0.2) is 4.98 Å². The SMILES string of the molecule is CCC1(O)CN(c2ncc(N)s2)C1. The zero-order valence-corrected chi connectivity index (χ0v) is 8.34. The molecule has 0 unspecified atom stereocenters. The number of hydrogen-bond acceptors (Lipinski definition) is 5. The summed E-state index contributed by atoms with van der Waals surface area (Å²) in [5, 5.41) is 11.4. The highest BCUT2D eigenvalue weighted by atomic mass is 32.1. The van der Waals surface area contributed by atoms with Crippen molar-refractivity contribution in [1.82, 2.24) is 4.98 Å². The Morgan fingerprint density at radius 3 is 2.92 bits per heavy atom. The number of nitrogen functional groups attached to an aromatic ring is 1. The molecule has 2 heterocycles. The average molecular weight is 199 g/mol. The lowest BCUT2D eigenvalue weighted by molar-refractivity contribution is 0.00851. The van der Waals surface area contributed by atoms with E-state index in [2.05, 4.69) is 4.98 Å². The van der Waals surface area contributed by atoms with Gasteiger partial charge in [0.05, 0.1) is 24.9 Å². The number of β-amino-alcohol motifs (C(OH)–C–C–N with tert-alkyl or cyclic N) is 1. The predicted octanol–water partition coefficient (Wildman–Crippen LogP) is 0.686. The van der Waals surface area contributed by atoms with Gasteiger partial charge in [-0.3, -0.25) is 0 Å². The number of aromatic nitrogens is 1. The maximum atomic E-state index is 9.76. The molecule has 2 rings (SSSR count). The van der Waals surface area contributed by atoms with Crippen LogP contribution in [0.2, 0.25) is 0 Å². The van der Waals surface area contributed by atoms with Crippen LogP contribution in [0.25, 0.3) is 0 Å². The van der Waals surface area contributed by atoms with Crippen molar-refractivity contribution in [3.8, 4) is 0 Å². The van der Waals surface area contributed by atoms with Crippen LogP contribution in [0, 0.1) is 0 Å². The Labute approximate surface area is 81.0 Å². The number of hydrogen-bond donors (Lipinski definition) is 2. The van der Waals surface area contributed by atoms with E-state index in [1.807, 2.05) is 11.8 Å². The molecule has 3 N–H and O–H groups in total. The highest BCUT2D eigenvalue weighted by molar-refractivity contribution is 7.19. The zero-order valence-electron chi connectivity index (χ0n) is 7.53. The second kappa shape index (κ2) is 2.85. The first kappa shape index (κ1) is 8.77. The summed E-state index contributed by atoms with van der Waals surface area (Å²) in [5.74, 6) is 0. The molecule has 1 aromatic rings. The van der Waals surface area contributed by atoms with Gasteiger partial charge in [-0.15, -0.1) is 0 Å². The molecule has 0 atom stereocenters. The lowest BCUT2D eigenvalue weighted by Gasteiger charge is -2.45. The van der Waals surface area contributed by atoms with Crippen LogP contribution >= 0.6 is 11.3 Å². The van der Waals surface area contributed by atoms with Crippen LogP contribution in [0.3, 0.4) is 0 Å². The van der Waals surface area contributed by atoms with Crippen LogP contribution in [0.5, 0.6) is 0 Å². The van der Waals surface area contributed by atoms with Crippen molar-refractivity contribution in [3.05, 3.63) is 6.20 Å². The van der Waals surface area contributed by atoms with Crippen molar-refractivity contribution in [3.63, 3.8) is 0 Å². The Hall–Kier alpha value is -0.810. The number of thiazole rings is 1. The Morgan fingerprint density at radius 1 is 1.77 bits per heavy atom. The van der Waals surface area contributed by atoms with Crippen molar-refractivity contribution in [2.75, 3.05) is 23.7 Å². The van der Waals surface area contributed by atoms with E-state index in [1.165, 1.54) is 11.3 Å². The minimum atomic E-state index is -0.500. The first-order chi connectivity index (χ1) is 6.13. The average Bonchev–Trinajstić information content (AvgIpc) is 2.46. The van der Waals surface area contributed by atoms with Crippen LogP contribution in [0.15, 0.2) is 6.20 Å². The minimum Gasteiger partial charge on any atom is -0.389 e. The fraction of sp³-hybridized carbons (Fsp3) is 0.625. The molecule has 1 saturated heterocycles. The van der Waals surface area contributed by atoms with Gasteiger partial charge in [0.25, 0.3) is 0 Å². The van der Waals surface area contributed by atoms with E-state index in [0.29, 0.717) is 13.1 Å². The smallest absolute Gasteiger partial charge is 0.187 e. The topological polar surface area (TPSA) is 62.4 Å². The van der Waals surface area contributed by atoms with Crippen LogP contribution in [0.1, 0.15) is 13.3 Å². The van der Waals surface area contributed by atoms with Gasteiger partial charge in [0.15, 0.2) is 5.13 Å². The molecular weight excluding hydrogens is 186 g/mol. The van der Waals surface area contributed by atoms with Gasteiger partial charge in [-0.1, -0.05) is 18.3 Å². The Balaban J connectivity index is 2.01. The highest BCUT2D eigenvalue weighted by Crippen LogP contribution is 2.33. The van der Waals surface area contributed by atoms with E-state index in [0.717, 1.165) is 16.6 Å². The summed E-state index contributed by atoms with van der Waals surface area (Å²) in [5.41, 5.74) is 5.06. The van der Waals surface area contributed by atoms with Crippen molar-refractivity contribution in [2.24, 2.45) is 0 Å². The number of nitrogens with two attached hydrogens (primary N) is 1. The monoisotopic (exact) mass is 199 g/mol. The predicted molar refractivity (Wildman–Crippen MR) is 54.0 cm³/mol. The molecule has 1 aliphatic rings. The quantitative estimate of drug-likeness (QED) is 0.735. The molecule has 0 bridgehead atoms. The lowest BCUT2D eigenvalue weighted by atomic mass is 9.92. The van der Waals surface area contributed by atoms with Gasteiger partial charge in [-0.2, -0.15) is 0 Å². The molecule has 0 amide bonds. The second-order valence-corrected chi connectivity index (χ2v) is 4.52. The molecule has 0 spiro atoms. The van der Waals surface area contributed by atoms with Gasteiger partial charge in [0.2, 0.25) is 0 Å². The molecule has 0 aromatic carbocycles. The van der Waals surface area contributed by atoms with Gasteiger partial charge in [-0.05, 0) is 6.42 Å². The molecule has 5 heteroatoms. The first-order valence-electron chi connectivity index (χ1n) is 4.31. The number of anilines is 2. The van der Waals surface area contributed by atoms with E-state index in [9.17, 15) is 5.11 Å². The maximum absolute atomic E-state index is 9.76. The van der Waals surface area contributed by atoms with Crippen molar-refractivity contribution in [1.29, 1.82) is 0 Å². The summed E-state index contributed by atoms with van der Waals surface area (Å²) < 4.78 is 0. The third kappa shape index (κ3) is 1.49. The molecule has 1 aliphatic heterocycles. The van der Waals surface area contributed by atoms with Crippen LogP contribution in [-0.4, -0.2) is 28.8 Å². The molecule has 0 aliphatic carbocycles. The number of nitrogens with zero attached hydrogens (tertiary/aromatic N) is 2. The van der Waals surface area contributed by atoms with Gasteiger partial charge in [0, 0.05) is 0 Å². The third-order valence-corrected chi connectivity index (χ3v) is 3.30. The van der Waals surface area contributed by atoms with Gasteiger partial charge in [0.1, 0.15) is 5.00 Å². The van der Waals surface area contributed by atoms with Crippen LogP contribution in [0.4, 0.5) is 10.1 Å². The summed E-state index contributed by atoms with van der Waals surface area (Å²) in [6, 6.07) is 0. The molecule has 1 aromatic heterocycles. The highest BCUT2D eigenvalue weighted by Gasteiger charge is 2.40.